The number of amides is 1. The normalized spacial score (nSPS) is 14.2. The maximum atomic E-state index is 13.2. The quantitative estimate of drug-likeness (QED) is 0.626. The van der Waals surface area contributed by atoms with Crippen LogP contribution in [0.1, 0.15) is 30.2 Å². The Morgan fingerprint density at radius 1 is 1.19 bits per heavy atom. The average molecular weight is 434 g/mol. The van der Waals surface area contributed by atoms with E-state index in [4.69, 9.17) is 5.73 Å². The van der Waals surface area contributed by atoms with Gasteiger partial charge in [-0.3, -0.25) is 14.3 Å². The van der Waals surface area contributed by atoms with E-state index in [1.54, 1.807) is 9.36 Å². The van der Waals surface area contributed by atoms with E-state index in [0.717, 1.165) is 37.2 Å². The Balaban J connectivity index is 1.59. The zero-order valence-electron chi connectivity index (χ0n) is 19.0. The van der Waals surface area contributed by atoms with Crippen LogP contribution in [0.3, 0.4) is 0 Å². The third-order valence-corrected chi connectivity index (χ3v) is 6.38. The summed E-state index contributed by atoms with van der Waals surface area (Å²) in [5, 5.41) is 2.92. The van der Waals surface area contributed by atoms with Crippen molar-refractivity contribution in [2.45, 2.75) is 39.2 Å². The molecule has 0 saturated heterocycles. The van der Waals surface area contributed by atoms with E-state index >= 15 is 0 Å². The van der Waals surface area contributed by atoms with Crippen molar-refractivity contribution in [2.75, 3.05) is 23.3 Å². The Bertz CT molecular complexity index is 1180. The molecule has 1 aliphatic rings. The highest BCUT2D eigenvalue weighted by Gasteiger charge is 2.28. The molecule has 0 bridgehead atoms. The molecule has 1 unspecified atom stereocenters. The van der Waals surface area contributed by atoms with Crippen molar-refractivity contribution in [2.24, 2.45) is 12.8 Å². The molecule has 1 amide bonds. The predicted molar refractivity (Wildman–Crippen MR) is 129 cm³/mol. The minimum Gasteiger partial charge on any atom is -0.360 e. The lowest BCUT2D eigenvalue weighted by atomic mass is 9.97. The van der Waals surface area contributed by atoms with Gasteiger partial charge in [0.25, 0.3) is 5.56 Å². The van der Waals surface area contributed by atoms with Crippen molar-refractivity contribution < 1.29 is 4.79 Å². The monoisotopic (exact) mass is 433 g/mol. The summed E-state index contributed by atoms with van der Waals surface area (Å²) in [7, 11) is 1.82. The van der Waals surface area contributed by atoms with Gasteiger partial charge >= 0.3 is 0 Å². The summed E-state index contributed by atoms with van der Waals surface area (Å²) in [6, 6.07) is 15.4. The topological polar surface area (TPSA) is 85.3 Å². The van der Waals surface area contributed by atoms with Crippen molar-refractivity contribution >= 4 is 17.3 Å². The van der Waals surface area contributed by atoms with Crippen molar-refractivity contribution in [3.63, 3.8) is 0 Å². The maximum absolute atomic E-state index is 13.2. The molecule has 2 heterocycles. The number of nitrogens with two attached hydrogens (primary N) is 1. The van der Waals surface area contributed by atoms with Gasteiger partial charge in [-0.1, -0.05) is 30.3 Å². The van der Waals surface area contributed by atoms with Gasteiger partial charge in [-0.15, -0.1) is 0 Å². The summed E-state index contributed by atoms with van der Waals surface area (Å²) in [4.78, 5) is 28.5. The van der Waals surface area contributed by atoms with E-state index in [1.165, 1.54) is 11.1 Å². The molecule has 7 nitrogen and oxygen atoms in total. The molecule has 1 aromatic heterocycles. The van der Waals surface area contributed by atoms with Gasteiger partial charge in [0.2, 0.25) is 5.91 Å². The number of aryl methyl sites for hydroxylation is 1. The van der Waals surface area contributed by atoms with Gasteiger partial charge in [-0.05, 0) is 69.0 Å². The molecular weight excluding hydrogens is 402 g/mol. The SMILES string of the molecule is Cc1c(NC(=O)C(C)N2CCCc3cc(CCN)ccc32)c(=O)n(-c2ccccc2)n1C. The second-order valence-electron chi connectivity index (χ2n) is 8.40. The molecular formula is C25H31N5O2. The standard InChI is InChI=1S/C25H31N5O2/c1-17-23(25(32)30(28(17)3)21-9-5-4-6-10-21)27-24(31)18(2)29-15-7-8-20-16-19(13-14-26)11-12-22(20)29/h4-6,9-12,16,18H,7-8,13-15,26H2,1-3H3,(H,27,31). The van der Waals surface area contributed by atoms with Crippen molar-refractivity contribution in [1.82, 2.24) is 9.36 Å². The molecule has 0 spiro atoms. The summed E-state index contributed by atoms with van der Waals surface area (Å²) >= 11 is 0. The summed E-state index contributed by atoms with van der Waals surface area (Å²) in [5.41, 5.74) is 10.8. The summed E-state index contributed by atoms with van der Waals surface area (Å²) in [6.07, 6.45) is 2.84. The van der Waals surface area contributed by atoms with Gasteiger partial charge in [0, 0.05) is 19.3 Å². The molecule has 0 saturated carbocycles. The molecule has 0 fully saturated rings. The second-order valence-corrected chi connectivity index (χ2v) is 8.40. The van der Waals surface area contributed by atoms with Crippen LogP contribution in [0.5, 0.6) is 0 Å². The number of fused-ring (bicyclic) bond motifs is 1. The average Bonchev–Trinajstić information content (AvgIpc) is 3.01. The molecule has 4 rings (SSSR count). The number of para-hydroxylation sites is 1. The van der Waals surface area contributed by atoms with E-state index in [-0.39, 0.29) is 11.5 Å². The number of hydrogen-bond acceptors (Lipinski definition) is 4. The molecule has 32 heavy (non-hydrogen) atoms. The molecule has 1 aliphatic heterocycles. The van der Waals surface area contributed by atoms with Crippen LogP contribution in [0.2, 0.25) is 0 Å². The van der Waals surface area contributed by atoms with Crippen molar-refractivity contribution in [3.05, 3.63) is 75.7 Å². The van der Waals surface area contributed by atoms with Crippen LogP contribution in [0, 0.1) is 6.92 Å². The Labute approximate surface area is 188 Å². The minimum atomic E-state index is -0.404. The smallest absolute Gasteiger partial charge is 0.295 e. The third-order valence-electron chi connectivity index (χ3n) is 6.38. The van der Waals surface area contributed by atoms with Gasteiger partial charge < -0.3 is 16.0 Å². The van der Waals surface area contributed by atoms with E-state index in [9.17, 15) is 9.59 Å². The lowest BCUT2D eigenvalue weighted by molar-refractivity contribution is -0.117. The number of nitrogens with one attached hydrogen (secondary N) is 1. The largest absolute Gasteiger partial charge is 0.360 e. The molecule has 2 aromatic carbocycles. The second kappa shape index (κ2) is 9.04. The van der Waals surface area contributed by atoms with Gasteiger partial charge in [-0.25, -0.2) is 4.68 Å². The zero-order valence-corrected chi connectivity index (χ0v) is 19.0. The fourth-order valence-corrected chi connectivity index (χ4v) is 4.49. The number of rotatable bonds is 6. The number of nitrogens with zero attached hydrogens (tertiary/aromatic N) is 3. The Morgan fingerprint density at radius 3 is 2.66 bits per heavy atom. The molecule has 0 radical (unpaired) electrons. The highest BCUT2D eigenvalue weighted by Crippen LogP contribution is 2.30. The van der Waals surface area contributed by atoms with Gasteiger partial charge in [0.15, 0.2) is 0 Å². The molecule has 3 N–H and O–H groups in total. The fourth-order valence-electron chi connectivity index (χ4n) is 4.49. The molecule has 0 aliphatic carbocycles. The van der Waals surface area contributed by atoms with Crippen LogP contribution in [0.15, 0.2) is 53.3 Å². The Kier molecular flexibility index (Phi) is 6.19. The molecule has 7 heteroatoms. The number of carbonyl (C=O) groups is 1. The van der Waals surface area contributed by atoms with E-state index in [1.807, 2.05) is 51.2 Å². The van der Waals surface area contributed by atoms with Gasteiger partial charge in [-0.2, -0.15) is 0 Å². The zero-order chi connectivity index (χ0) is 22.8. The number of aromatic nitrogens is 2. The van der Waals surface area contributed by atoms with E-state index in [2.05, 4.69) is 28.4 Å². The van der Waals surface area contributed by atoms with E-state index in [0.29, 0.717) is 17.9 Å². The first-order chi connectivity index (χ1) is 15.4. The highest BCUT2D eigenvalue weighted by atomic mass is 16.2. The first-order valence-electron chi connectivity index (χ1n) is 11.2. The van der Waals surface area contributed by atoms with Gasteiger partial charge in [0.05, 0.1) is 11.4 Å². The molecule has 1 atom stereocenters. The fraction of sp³-hybridized carbons (Fsp3) is 0.360. The number of hydrogen-bond donors (Lipinski definition) is 2. The van der Waals surface area contributed by atoms with Crippen LogP contribution in [0.25, 0.3) is 5.69 Å². The van der Waals surface area contributed by atoms with Gasteiger partial charge in [0.1, 0.15) is 11.7 Å². The minimum absolute atomic E-state index is 0.185. The van der Waals surface area contributed by atoms with Crippen molar-refractivity contribution in [3.8, 4) is 5.69 Å². The predicted octanol–water partition coefficient (Wildman–Crippen LogP) is 2.77. The first kappa shape index (κ1) is 21.9. The van der Waals surface area contributed by atoms with E-state index < -0.39 is 6.04 Å². The van der Waals surface area contributed by atoms with Crippen LogP contribution in [-0.4, -0.2) is 34.4 Å². The van der Waals surface area contributed by atoms with Crippen LogP contribution in [-0.2, 0) is 24.7 Å². The lowest BCUT2D eigenvalue weighted by Gasteiger charge is -2.35. The maximum Gasteiger partial charge on any atom is 0.295 e. The summed E-state index contributed by atoms with van der Waals surface area (Å²) in [6.45, 7) is 5.17. The third kappa shape index (κ3) is 3.96. The first-order valence-corrected chi connectivity index (χ1v) is 11.2. The Morgan fingerprint density at radius 2 is 1.94 bits per heavy atom. The summed E-state index contributed by atoms with van der Waals surface area (Å²) < 4.78 is 3.35. The van der Waals surface area contributed by atoms with Crippen molar-refractivity contribution in [1.29, 1.82) is 0 Å². The lowest BCUT2D eigenvalue weighted by Crippen LogP contribution is -2.45. The Hall–Kier alpha value is -3.32. The van der Waals surface area contributed by atoms with Crippen LogP contribution >= 0.6 is 0 Å². The molecule has 3 aromatic rings. The van der Waals surface area contributed by atoms with Crippen LogP contribution in [0.4, 0.5) is 11.4 Å². The highest BCUT2D eigenvalue weighted by molar-refractivity contribution is 5.97. The number of carbonyl (C=O) groups excluding carboxylic acids is 1. The van der Waals surface area contributed by atoms with Crippen LogP contribution < -0.4 is 21.5 Å². The number of anilines is 2. The number of benzene rings is 2. The summed E-state index contributed by atoms with van der Waals surface area (Å²) in [5.74, 6) is -0.185. The molecule has 168 valence electrons.